The molecule has 6 heteroatoms. The summed E-state index contributed by atoms with van der Waals surface area (Å²) in [6.07, 6.45) is 0.836. The number of rotatable bonds is 2. The highest BCUT2D eigenvalue weighted by Gasteiger charge is 2.28. The lowest BCUT2D eigenvalue weighted by Crippen LogP contribution is -2.46. The first-order chi connectivity index (χ1) is 8.49. The van der Waals surface area contributed by atoms with Gasteiger partial charge in [0.15, 0.2) is 11.6 Å². The highest BCUT2D eigenvalue weighted by molar-refractivity contribution is 5.80. The summed E-state index contributed by atoms with van der Waals surface area (Å²) in [6.45, 7) is 0.483. The number of halogens is 3. The van der Waals surface area contributed by atoms with Crippen LogP contribution in [0, 0.1) is 17.5 Å². The molecule has 1 aromatic rings. The van der Waals surface area contributed by atoms with Crippen molar-refractivity contribution in [2.75, 3.05) is 6.54 Å². The van der Waals surface area contributed by atoms with E-state index in [4.69, 9.17) is 5.73 Å². The summed E-state index contributed by atoms with van der Waals surface area (Å²) in [5.74, 6) is -3.94. The maximum atomic E-state index is 13.6. The van der Waals surface area contributed by atoms with Crippen LogP contribution in [-0.4, -0.2) is 18.5 Å². The van der Waals surface area contributed by atoms with Gasteiger partial charge in [0.05, 0.1) is 6.04 Å². The molecule has 1 heterocycles. The summed E-state index contributed by atoms with van der Waals surface area (Å²) in [7, 11) is 0. The third-order valence-corrected chi connectivity index (χ3v) is 3.23. The average molecular weight is 258 g/mol. The zero-order chi connectivity index (χ0) is 13.3. The first-order valence-electron chi connectivity index (χ1n) is 5.66. The smallest absolute Gasteiger partial charge is 0.234 e. The number of nitrogens with one attached hydrogen (secondary N) is 1. The van der Waals surface area contributed by atoms with Crippen LogP contribution in [-0.2, 0) is 4.79 Å². The van der Waals surface area contributed by atoms with E-state index in [0.717, 1.165) is 6.07 Å². The lowest BCUT2D eigenvalue weighted by atomic mass is 9.86. The second-order valence-electron chi connectivity index (χ2n) is 4.42. The third kappa shape index (κ3) is 2.48. The summed E-state index contributed by atoms with van der Waals surface area (Å²) in [4.78, 5) is 11.1. The first-order valence-corrected chi connectivity index (χ1v) is 5.66. The predicted molar refractivity (Wildman–Crippen MR) is 59.3 cm³/mol. The topological polar surface area (TPSA) is 55.1 Å². The lowest BCUT2D eigenvalue weighted by Gasteiger charge is -2.28. The van der Waals surface area contributed by atoms with Gasteiger partial charge in [0.1, 0.15) is 5.82 Å². The molecule has 1 aromatic carbocycles. The SMILES string of the molecule is NC(=O)C1CC(c2cc(F)c(F)cc2F)CCN1. The van der Waals surface area contributed by atoms with E-state index in [9.17, 15) is 18.0 Å². The zero-order valence-electron chi connectivity index (χ0n) is 9.55. The van der Waals surface area contributed by atoms with Crippen LogP contribution in [0.25, 0.3) is 0 Å². The van der Waals surface area contributed by atoms with Crippen molar-refractivity contribution in [3.05, 3.63) is 35.1 Å². The van der Waals surface area contributed by atoms with Crippen molar-refractivity contribution >= 4 is 5.91 Å². The molecule has 1 fully saturated rings. The Hall–Kier alpha value is -1.56. The number of carbonyl (C=O) groups is 1. The van der Waals surface area contributed by atoms with Crippen molar-refractivity contribution in [3.63, 3.8) is 0 Å². The van der Waals surface area contributed by atoms with Gasteiger partial charge in [-0.15, -0.1) is 0 Å². The predicted octanol–water partition coefficient (Wildman–Crippen LogP) is 1.42. The van der Waals surface area contributed by atoms with Gasteiger partial charge in [0.2, 0.25) is 5.91 Å². The second-order valence-corrected chi connectivity index (χ2v) is 4.42. The van der Waals surface area contributed by atoms with Gasteiger partial charge in [-0.25, -0.2) is 13.2 Å². The van der Waals surface area contributed by atoms with E-state index < -0.39 is 29.4 Å². The fraction of sp³-hybridized carbons (Fsp3) is 0.417. The molecule has 3 N–H and O–H groups in total. The molecule has 1 amide bonds. The number of amides is 1. The zero-order valence-corrected chi connectivity index (χ0v) is 9.55. The van der Waals surface area contributed by atoms with E-state index in [1.54, 1.807) is 0 Å². The van der Waals surface area contributed by atoms with E-state index in [1.165, 1.54) is 0 Å². The number of nitrogens with two attached hydrogens (primary N) is 1. The highest BCUT2D eigenvalue weighted by atomic mass is 19.2. The summed E-state index contributed by atoms with van der Waals surface area (Å²) < 4.78 is 39.6. The van der Waals surface area contributed by atoms with E-state index in [0.29, 0.717) is 19.0 Å². The Labute approximate surface area is 102 Å². The molecular weight excluding hydrogens is 245 g/mol. The number of hydrogen-bond acceptors (Lipinski definition) is 2. The quantitative estimate of drug-likeness (QED) is 0.788. The summed E-state index contributed by atoms with van der Waals surface area (Å²) in [6, 6.07) is 0.835. The maximum Gasteiger partial charge on any atom is 0.234 e. The average Bonchev–Trinajstić information content (AvgIpc) is 2.34. The Bertz CT molecular complexity index is 479. The van der Waals surface area contributed by atoms with Gasteiger partial charge < -0.3 is 11.1 Å². The monoisotopic (exact) mass is 258 g/mol. The third-order valence-electron chi connectivity index (χ3n) is 3.23. The maximum absolute atomic E-state index is 13.6. The molecule has 0 aromatic heterocycles. The van der Waals surface area contributed by atoms with E-state index in [1.807, 2.05) is 0 Å². The van der Waals surface area contributed by atoms with Crippen molar-refractivity contribution in [1.82, 2.24) is 5.32 Å². The van der Waals surface area contributed by atoms with Gasteiger partial charge in [-0.3, -0.25) is 4.79 Å². The van der Waals surface area contributed by atoms with Gasteiger partial charge in [0, 0.05) is 6.07 Å². The summed E-state index contributed by atoms with van der Waals surface area (Å²) in [5.41, 5.74) is 5.27. The molecule has 3 nitrogen and oxygen atoms in total. The minimum atomic E-state index is -1.21. The first kappa shape index (κ1) is 12.9. The van der Waals surface area contributed by atoms with Gasteiger partial charge >= 0.3 is 0 Å². The minimum absolute atomic E-state index is 0.0988. The molecule has 1 aliphatic heterocycles. The van der Waals surface area contributed by atoms with E-state index in [-0.39, 0.29) is 17.9 Å². The minimum Gasteiger partial charge on any atom is -0.368 e. The Balaban J connectivity index is 2.26. The number of hydrogen-bond donors (Lipinski definition) is 2. The molecule has 98 valence electrons. The molecule has 2 rings (SSSR count). The molecule has 0 spiro atoms. The standard InChI is InChI=1S/C12H13F3N2O/c13-8-5-10(15)9(14)4-7(8)6-1-2-17-11(3-6)12(16)18/h4-6,11,17H,1-3H2,(H2,16,18). The van der Waals surface area contributed by atoms with Crippen LogP contribution in [0.5, 0.6) is 0 Å². The normalized spacial score (nSPS) is 23.9. The fourth-order valence-electron chi connectivity index (χ4n) is 2.27. The van der Waals surface area contributed by atoms with E-state index in [2.05, 4.69) is 5.32 Å². The largest absolute Gasteiger partial charge is 0.368 e. The van der Waals surface area contributed by atoms with Crippen LogP contribution >= 0.6 is 0 Å². The second kappa shape index (κ2) is 4.97. The number of primary amides is 1. The Morgan fingerprint density at radius 2 is 1.89 bits per heavy atom. The van der Waals surface area contributed by atoms with Crippen LogP contribution in [0.1, 0.15) is 24.3 Å². The van der Waals surface area contributed by atoms with Crippen LogP contribution in [0.4, 0.5) is 13.2 Å². The molecule has 1 saturated heterocycles. The number of piperidine rings is 1. The van der Waals surface area contributed by atoms with Crippen molar-refractivity contribution in [2.24, 2.45) is 5.73 Å². The number of benzene rings is 1. The molecule has 2 atom stereocenters. The fourth-order valence-corrected chi connectivity index (χ4v) is 2.27. The lowest BCUT2D eigenvalue weighted by molar-refractivity contribution is -0.120. The molecule has 1 aliphatic rings. The van der Waals surface area contributed by atoms with Crippen LogP contribution < -0.4 is 11.1 Å². The molecule has 18 heavy (non-hydrogen) atoms. The van der Waals surface area contributed by atoms with Crippen molar-refractivity contribution in [1.29, 1.82) is 0 Å². The van der Waals surface area contributed by atoms with Crippen molar-refractivity contribution < 1.29 is 18.0 Å². The Morgan fingerprint density at radius 1 is 1.22 bits per heavy atom. The van der Waals surface area contributed by atoms with Crippen LogP contribution in [0.2, 0.25) is 0 Å². The number of carbonyl (C=O) groups excluding carboxylic acids is 1. The van der Waals surface area contributed by atoms with Gasteiger partial charge in [-0.2, -0.15) is 0 Å². The summed E-state index contributed by atoms with van der Waals surface area (Å²) in [5, 5.41) is 2.90. The van der Waals surface area contributed by atoms with Gasteiger partial charge in [-0.05, 0) is 36.9 Å². The molecule has 0 bridgehead atoms. The van der Waals surface area contributed by atoms with Crippen molar-refractivity contribution in [3.8, 4) is 0 Å². The van der Waals surface area contributed by atoms with Gasteiger partial charge in [0.25, 0.3) is 0 Å². The summed E-state index contributed by atoms with van der Waals surface area (Å²) >= 11 is 0. The highest BCUT2D eigenvalue weighted by Crippen LogP contribution is 2.30. The molecular formula is C12H13F3N2O. The molecule has 0 aliphatic carbocycles. The molecule has 0 saturated carbocycles. The van der Waals surface area contributed by atoms with Crippen LogP contribution in [0.3, 0.4) is 0 Å². The van der Waals surface area contributed by atoms with Crippen LogP contribution in [0.15, 0.2) is 12.1 Å². The Kier molecular flexibility index (Phi) is 3.56. The van der Waals surface area contributed by atoms with E-state index >= 15 is 0 Å². The van der Waals surface area contributed by atoms with Crippen molar-refractivity contribution in [2.45, 2.75) is 24.8 Å². The van der Waals surface area contributed by atoms with Gasteiger partial charge in [-0.1, -0.05) is 0 Å². The molecule has 2 unspecified atom stereocenters. The molecule has 0 radical (unpaired) electrons. The Morgan fingerprint density at radius 3 is 2.56 bits per heavy atom.